The predicted octanol–water partition coefficient (Wildman–Crippen LogP) is 1.08. The van der Waals surface area contributed by atoms with Crippen LogP contribution in [-0.2, 0) is 11.3 Å². The van der Waals surface area contributed by atoms with Gasteiger partial charge in [-0.05, 0) is 6.07 Å². The van der Waals surface area contributed by atoms with E-state index in [9.17, 15) is 14.9 Å². The van der Waals surface area contributed by atoms with Gasteiger partial charge in [0.1, 0.15) is 0 Å². The number of hydrogen-bond donors (Lipinski definition) is 1. The summed E-state index contributed by atoms with van der Waals surface area (Å²) in [6, 6.07) is 2.39. The summed E-state index contributed by atoms with van der Waals surface area (Å²) in [7, 11) is 1.20. The van der Waals surface area contributed by atoms with Crippen molar-refractivity contribution in [1.82, 2.24) is 15.1 Å². The van der Waals surface area contributed by atoms with Gasteiger partial charge in [-0.1, -0.05) is 5.16 Å². The Hall–Kier alpha value is -3.04. The number of rotatable bonds is 5. The number of carbonyl (C=O) groups excluding carboxylic acids is 1. The average Bonchev–Trinajstić information content (AvgIpc) is 2.89. The van der Waals surface area contributed by atoms with E-state index >= 15 is 0 Å². The topological polar surface area (TPSA) is 133 Å². The molecule has 0 unspecified atom stereocenters. The summed E-state index contributed by atoms with van der Waals surface area (Å²) in [6.07, 6.45) is 0. The summed E-state index contributed by atoms with van der Waals surface area (Å²) in [5, 5.41) is 17.3. The van der Waals surface area contributed by atoms with E-state index in [2.05, 4.69) is 25.2 Å². The molecule has 2 aromatic rings. The third kappa shape index (κ3) is 3.29. The molecule has 0 aliphatic heterocycles. The molecule has 0 atom stereocenters. The average molecular weight is 293 g/mol. The number of anilines is 1. The summed E-state index contributed by atoms with van der Waals surface area (Å²) >= 11 is 0. The van der Waals surface area contributed by atoms with Crippen LogP contribution in [0.1, 0.15) is 22.2 Å². The Morgan fingerprint density at radius 3 is 2.81 bits per heavy atom. The highest BCUT2D eigenvalue weighted by atomic mass is 16.6. The Bertz CT molecular complexity index is 683. The molecule has 2 heterocycles. The van der Waals surface area contributed by atoms with Crippen LogP contribution >= 0.6 is 0 Å². The van der Waals surface area contributed by atoms with Crippen LogP contribution in [0.5, 0.6) is 0 Å². The number of carbonyl (C=O) groups is 1. The highest BCUT2D eigenvalue weighted by Gasteiger charge is 2.19. The second-order valence-corrected chi connectivity index (χ2v) is 3.90. The molecule has 0 bridgehead atoms. The van der Waals surface area contributed by atoms with E-state index < -0.39 is 10.9 Å². The summed E-state index contributed by atoms with van der Waals surface area (Å²) < 4.78 is 9.30. The third-order valence-corrected chi connectivity index (χ3v) is 2.45. The molecule has 0 aliphatic carbocycles. The molecule has 110 valence electrons. The first-order chi connectivity index (χ1) is 10.0. The van der Waals surface area contributed by atoms with Crippen LogP contribution in [0.15, 0.2) is 16.7 Å². The zero-order valence-electron chi connectivity index (χ0n) is 11.2. The van der Waals surface area contributed by atoms with Crippen LogP contribution < -0.4 is 5.32 Å². The van der Waals surface area contributed by atoms with Crippen molar-refractivity contribution in [2.24, 2.45) is 0 Å². The quantitative estimate of drug-likeness (QED) is 0.488. The van der Waals surface area contributed by atoms with Crippen LogP contribution in [0.4, 0.5) is 11.5 Å². The number of methoxy groups -OCH3 is 1. The maximum atomic E-state index is 11.4. The second kappa shape index (κ2) is 5.94. The SMILES string of the molecule is COC(=O)c1ccc([N+](=O)[O-])c(NCc2noc(C)n2)n1. The third-order valence-electron chi connectivity index (χ3n) is 2.45. The molecule has 0 spiro atoms. The van der Waals surface area contributed by atoms with Crippen LogP contribution in [0.2, 0.25) is 0 Å². The number of nitrogens with one attached hydrogen (secondary N) is 1. The fraction of sp³-hybridized carbons (Fsp3) is 0.273. The van der Waals surface area contributed by atoms with Crippen molar-refractivity contribution in [1.29, 1.82) is 0 Å². The van der Waals surface area contributed by atoms with Crippen LogP contribution in [0, 0.1) is 17.0 Å². The van der Waals surface area contributed by atoms with E-state index in [1.165, 1.54) is 19.2 Å². The minimum Gasteiger partial charge on any atom is -0.464 e. The fourth-order valence-corrected chi connectivity index (χ4v) is 1.52. The van der Waals surface area contributed by atoms with E-state index in [0.717, 1.165) is 0 Å². The molecule has 0 aliphatic rings. The number of hydrogen-bond acceptors (Lipinski definition) is 9. The molecule has 10 heteroatoms. The van der Waals surface area contributed by atoms with Gasteiger partial charge >= 0.3 is 11.7 Å². The molecular weight excluding hydrogens is 282 g/mol. The van der Waals surface area contributed by atoms with Gasteiger partial charge in [0.05, 0.1) is 18.6 Å². The van der Waals surface area contributed by atoms with Gasteiger partial charge in [0.15, 0.2) is 11.5 Å². The van der Waals surface area contributed by atoms with Crippen LogP contribution in [0.3, 0.4) is 0 Å². The van der Waals surface area contributed by atoms with Crippen molar-refractivity contribution < 1.29 is 19.0 Å². The van der Waals surface area contributed by atoms with Gasteiger partial charge in [-0.3, -0.25) is 10.1 Å². The minimum absolute atomic E-state index is 0.0464. The normalized spacial score (nSPS) is 10.2. The van der Waals surface area contributed by atoms with Gasteiger partial charge in [-0.25, -0.2) is 9.78 Å². The highest BCUT2D eigenvalue weighted by Crippen LogP contribution is 2.22. The molecule has 0 saturated heterocycles. The van der Waals surface area contributed by atoms with Gasteiger partial charge in [-0.2, -0.15) is 4.98 Å². The molecule has 0 aromatic carbocycles. The van der Waals surface area contributed by atoms with Crippen molar-refractivity contribution >= 4 is 17.5 Å². The lowest BCUT2D eigenvalue weighted by molar-refractivity contribution is -0.384. The van der Waals surface area contributed by atoms with Gasteiger partial charge in [-0.15, -0.1) is 0 Å². The predicted molar refractivity (Wildman–Crippen MR) is 68.6 cm³/mol. The molecule has 0 amide bonds. The first kappa shape index (κ1) is 14.4. The monoisotopic (exact) mass is 293 g/mol. The Morgan fingerprint density at radius 2 is 2.24 bits per heavy atom. The minimum atomic E-state index is -0.691. The number of esters is 1. The molecular formula is C11H11N5O5. The Balaban J connectivity index is 2.25. The summed E-state index contributed by atoms with van der Waals surface area (Å²) in [5.74, 6) is -0.0849. The van der Waals surface area contributed by atoms with E-state index in [4.69, 9.17) is 4.52 Å². The molecule has 2 rings (SSSR count). The largest absolute Gasteiger partial charge is 0.464 e. The van der Waals surface area contributed by atoms with Crippen molar-refractivity contribution in [3.63, 3.8) is 0 Å². The highest BCUT2D eigenvalue weighted by molar-refractivity contribution is 5.88. The maximum absolute atomic E-state index is 11.4. The molecule has 10 nitrogen and oxygen atoms in total. The van der Waals surface area contributed by atoms with Crippen molar-refractivity contribution in [3.8, 4) is 0 Å². The lowest BCUT2D eigenvalue weighted by Gasteiger charge is -2.05. The zero-order chi connectivity index (χ0) is 15.4. The first-order valence-corrected chi connectivity index (χ1v) is 5.78. The standard InChI is InChI=1S/C11H11N5O5/c1-6-13-9(15-21-6)5-12-10-8(16(18)19)4-3-7(14-10)11(17)20-2/h3-4H,5H2,1-2H3,(H,12,14). The Morgan fingerprint density at radius 1 is 1.48 bits per heavy atom. The van der Waals surface area contributed by atoms with E-state index in [1.807, 2.05) is 0 Å². The number of nitro groups is 1. The number of pyridine rings is 1. The maximum Gasteiger partial charge on any atom is 0.356 e. The first-order valence-electron chi connectivity index (χ1n) is 5.78. The summed E-state index contributed by atoms with van der Waals surface area (Å²) in [5.41, 5.74) is -0.322. The molecule has 0 fully saturated rings. The number of nitrogens with zero attached hydrogens (tertiary/aromatic N) is 4. The smallest absolute Gasteiger partial charge is 0.356 e. The number of ether oxygens (including phenoxy) is 1. The van der Waals surface area contributed by atoms with E-state index in [1.54, 1.807) is 6.92 Å². The van der Waals surface area contributed by atoms with Crippen molar-refractivity contribution in [2.75, 3.05) is 12.4 Å². The van der Waals surface area contributed by atoms with Gasteiger partial charge in [0.25, 0.3) is 0 Å². The van der Waals surface area contributed by atoms with Crippen molar-refractivity contribution in [2.45, 2.75) is 13.5 Å². The van der Waals surface area contributed by atoms with Gasteiger partial charge < -0.3 is 14.6 Å². The summed E-state index contributed by atoms with van der Waals surface area (Å²) in [6.45, 7) is 1.69. The second-order valence-electron chi connectivity index (χ2n) is 3.90. The Labute approximate surface area is 118 Å². The molecule has 1 N–H and O–H groups in total. The lowest BCUT2D eigenvalue weighted by Crippen LogP contribution is -2.10. The molecule has 2 aromatic heterocycles. The molecule has 0 saturated carbocycles. The van der Waals surface area contributed by atoms with E-state index in [-0.39, 0.29) is 23.7 Å². The fourth-order valence-electron chi connectivity index (χ4n) is 1.52. The van der Waals surface area contributed by atoms with E-state index in [0.29, 0.717) is 11.7 Å². The molecule has 21 heavy (non-hydrogen) atoms. The summed E-state index contributed by atoms with van der Waals surface area (Å²) in [4.78, 5) is 29.6. The Kier molecular flexibility index (Phi) is 4.07. The molecule has 0 radical (unpaired) electrons. The van der Waals surface area contributed by atoms with Crippen LogP contribution in [-0.4, -0.2) is 33.1 Å². The van der Waals surface area contributed by atoms with Crippen molar-refractivity contribution in [3.05, 3.63) is 39.7 Å². The zero-order valence-corrected chi connectivity index (χ0v) is 11.2. The van der Waals surface area contributed by atoms with Gasteiger partial charge in [0.2, 0.25) is 11.7 Å². The van der Waals surface area contributed by atoms with Crippen LogP contribution in [0.25, 0.3) is 0 Å². The number of aryl methyl sites for hydroxylation is 1. The van der Waals surface area contributed by atoms with Gasteiger partial charge in [0, 0.05) is 13.0 Å². The lowest BCUT2D eigenvalue weighted by atomic mass is 10.3. The number of aromatic nitrogens is 3.